The molecule has 1 rings (SSSR count). The van der Waals surface area contributed by atoms with E-state index < -0.39 is 0 Å². The molecule has 0 aliphatic carbocycles. The van der Waals surface area contributed by atoms with Gasteiger partial charge in [-0.2, -0.15) is 0 Å². The van der Waals surface area contributed by atoms with Crippen LogP contribution in [0, 0.1) is 0 Å². The number of thiocarbonyl (C=S) groups is 1. The van der Waals surface area contributed by atoms with Crippen molar-refractivity contribution in [3.63, 3.8) is 0 Å². The molecule has 0 spiro atoms. The lowest BCUT2D eigenvalue weighted by Crippen LogP contribution is -2.19. The zero-order valence-electron chi connectivity index (χ0n) is 7.71. The van der Waals surface area contributed by atoms with Gasteiger partial charge in [-0.15, -0.1) is 0 Å². The van der Waals surface area contributed by atoms with Crippen molar-refractivity contribution in [3.05, 3.63) is 29.8 Å². The fraction of sp³-hybridized carbons (Fsp3) is 0.300. The lowest BCUT2D eigenvalue weighted by molar-refractivity contribution is 1.14. The summed E-state index contributed by atoms with van der Waals surface area (Å²) in [5.41, 5.74) is 7.76. The van der Waals surface area contributed by atoms with Gasteiger partial charge in [0.05, 0.1) is 11.5 Å². The number of anilines is 1. The van der Waals surface area contributed by atoms with Crippen molar-refractivity contribution in [2.45, 2.75) is 13.3 Å². The minimum absolute atomic E-state index is 0.486. The van der Waals surface area contributed by atoms with E-state index in [1.807, 2.05) is 12.1 Å². The number of hydrogen-bond acceptors (Lipinski definition) is 2. The third kappa shape index (κ3) is 3.42. The van der Waals surface area contributed by atoms with E-state index in [9.17, 15) is 0 Å². The predicted molar refractivity (Wildman–Crippen MR) is 61.1 cm³/mol. The maximum atomic E-state index is 5.37. The molecule has 70 valence electrons. The summed E-state index contributed by atoms with van der Waals surface area (Å²) in [7, 11) is 0. The number of nitrogens with one attached hydrogen (secondary N) is 1. The Bertz CT molecular complexity index is 279. The minimum atomic E-state index is 0.486. The number of aryl methyl sites for hydroxylation is 1. The number of benzene rings is 1. The lowest BCUT2D eigenvalue weighted by atomic mass is 10.1. The van der Waals surface area contributed by atoms with Crippen molar-refractivity contribution in [2.75, 3.05) is 11.9 Å². The summed E-state index contributed by atoms with van der Waals surface area (Å²) >= 11 is 4.76. The molecule has 13 heavy (non-hydrogen) atoms. The van der Waals surface area contributed by atoms with Crippen LogP contribution in [0.2, 0.25) is 0 Å². The second-order valence-electron chi connectivity index (χ2n) is 2.87. The Hall–Kier alpha value is -1.09. The van der Waals surface area contributed by atoms with Crippen LogP contribution in [0.5, 0.6) is 0 Å². The fourth-order valence-electron chi connectivity index (χ4n) is 1.05. The molecule has 1 aromatic carbocycles. The molecule has 0 fully saturated rings. The highest BCUT2D eigenvalue weighted by Gasteiger charge is 1.92. The van der Waals surface area contributed by atoms with E-state index in [1.165, 1.54) is 5.56 Å². The summed E-state index contributed by atoms with van der Waals surface area (Å²) in [6.45, 7) is 2.69. The summed E-state index contributed by atoms with van der Waals surface area (Å²) in [5, 5.41) is 3.13. The van der Waals surface area contributed by atoms with Gasteiger partial charge in [-0.05, 0) is 24.1 Å². The molecule has 0 bridgehead atoms. The molecule has 0 radical (unpaired) electrons. The SMILES string of the molecule is CCc1ccc(NCC(N)=S)cc1. The van der Waals surface area contributed by atoms with Crippen LogP contribution in [-0.2, 0) is 6.42 Å². The standard InChI is InChI=1S/C10H14N2S/c1-2-8-3-5-9(6-4-8)12-7-10(11)13/h3-6,12H,2,7H2,1H3,(H2,11,13). The predicted octanol–water partition coefficient (Wildman–Crippen LogP) is 1.95. The van der Waals surface area contributed by atoms with E-state index in [-0.39, 0.29) is 0 Å². The smallest absolute Gasteiger partial charge is 0.0921 e. The fourth-order valence-corrected chi connectivity index (χ4v) is 1.12. The average molecular weight is 194 g/mol. The van der Waals surface area contributed by atoms with E-state index in [2.05, 4.69) is 24.4 Å². The first-order valence-electron chi connectivity index (χ1n) is 4.33. The molecule has 2 nitrogen and oxygen atoms in total. The zero-order chi connectivity index (χ0) is 9.68. The molecule has 0 heterocycles. The highest BCUT2D eigenvalue weighted by Crippen LogP contribution is 2.09. The van der Waals surface area contributed by atoms with E-state index in [0.717, 1.165) is 12.1 Å². The quantitative estimate of drug-likeness (QED) is 0.719. The second kappa shape index (κ2) is 4.82. The molecule has 3 heteroatoms. The largest absolute Gasteiger partial charge is 0.392 e. The van der Waals surface area contributed by atoms with Crippen molar-refractivity contribution in [1.29, 1.82) is 0 Å². The highest BCUT2D eigenvalue weighted by atomic mass is 32.1. The van der Waals surface area contributed by atoms with E-state index in [4.69, 9.17) is 18.0 Å². The number of hydrogen-bond donors (Lipinski definition) is 2. The molecule has 0 aromatic heterocycles. The summed E-state index contributed by atoms with van der Waals surface area (Å²) in [6.07, 6.45) is 1.07. The third-order valence-corrected chi connectivity index (χ3v) is 1.97. The normalized spacial score (nSPS) is 9.62. The van der Waals surface area contributed by atoms with Crippen molar-refractivity contribution in [1.82, 2.24) is 0 Å². The van der Waals surface area contributed by atoms with Gasteiger partial charge < -0.3 is 11.1 Å². The van der Waals surface area contributed by atoms with E-state index in [1.54, 1.807) is 0 Å². The summed E-state index contributed by atoms with van der Waals surface area (Å²) in [4.78, 5) is 0.486. The summed E-state index contributed by atoms with van der Waals surface area (Å²) < 4.78 is 0. The van der Waals surface area contributed by atoms with Crippen LogP contribution in [0.3, 0.4) is 0 Å². The lowest BCUT2D eigenvalue weighted by Gasteiger charge is -2.05. The monoisotopic (exact) mass is 194 g/mol. The van der Waals surface area contributed by atoms with Crippen LogP contribution in [0.4, 0.5) is 5.69 Å². The van der Waals surface area contributed by atoms with E-state index in [0.29, 0.717) is 11.5 Å². The Labute approximate surface area is 84.1 Å². The Morgan fingerprint density at radius 2 is 2.00 bits per heavy atom. The van der Waals surface area contributed by atoms with Crippen LogP contribution in [0.25, 0.3) is 0 Å². The first kappa shape index (κ1) is 9.99. The number of nitrogens with two attached hydrogens (primary N) is 1. The Morgan fingerprint density at radius 1 is 1.38 bits per heavy atom. The first-order valence-corrected chi connectivity index (χ1v) is 4.74. The molecule has 0 saturated carbocycles. The Morgan fingerprint density at radius 3 is 2.46 bits per heavy atom. The van der Waals surface area contributed by atoms with Gasteiger partial charge in [0.1, 0.15) is 0 Å². The molecular formula is C10H14N2S. The van der Waals surface area contributed by atoms with Crippen LogP contribution >= 0.6 is 12.2 Å². The van der Waals surface area contributed by atoms with Crippen molar-refractivity contribution < 1.29 is 0 Å². The molecule has 0 saturated heterocycles. The van der Waals surface area contributed by atoms with Gasteiger partial charge >= 0.3 is 0 Å². The van der Waals surface area contributed by atoms with Crippen molar-refractivity contribution in [2.24, 2.45) is 5.73 Å². The van der Waals surface area contributed by atoms with Gasteiger partial charge in [0, 0.05) is 5.69 Å². The first-order chi connectivity index (χ1) is 6.22. The Balaban J connectivity index is 2.54. The minimum Gasteiger partial charge on any atom is -0.392 e. The maximum absolute atomic E-state index is 5.37. The van der Waals surface area contributed by atoms with Crippen LogP contribution < -0.4 is 11.1 Å². The molecule has 0 unspecified atom stereocenters. The molecule has 0 aliphatic rings. The molecular weight excluding hydrogens is 180 g/mol. The molecule has 1 aromatic rings. The molecule has 0 amide bonds. The van der Waals surface area contributed by atoms with Crippen LogP contribution in [-0.4, -0.2) is 11.5 Å². The van der Waals surface area contributed by atoms with Gasteiger partial charge in [0.25, 0.3) is 0 Å². The van der Waals surface area contributed by atoms with Gasteiger partial charge in [0.15, 0.2) is 0 Å². The number of rotatable bonds is 4. The molecule has 0 atom stereocenters. The van der Waals surface area contributed by atoms with Gasteiger partial charge in [-0.25, -0.2) is 0 Å². The van der Waals surface area contributed by atoms with Crippen LogP contribution in [0.15, 0.2) is 24.3 Å². The van der Waals surface area contributed by atoms with Gasteiger partial charge in [0.2, 0.25) is 0 Å². The van der Waals surface area contributed by atoms with Gasteiger partial charge in [-0.1, -0.05) is 31.3 Å². The third-order valence-electron chi connectivity index (χ3n) is 1.83. The topological polar surface area (TPSA) is 38.0 Å². The van der Waals surface area contributed by atoms with Gasteiger partial charge in [-0.3, -0.25) is 0 Å². The average Bonchev–Trinajstić information content (AvgIpc) is 2.15. The zero-order valence-corrected chi connectivity index (χ0v) is 8.53. The Kier molecular flexibility index (Phi) is 3.71. The van der Waals surface area contributed by atoms with Crippen molar-refractivity contribution in [3.8, 4) is 0 Å². The summed E-state index contributed by atoms with van der Waals surface area (Å²) in [5.74, 6) is 0. The van der Waals surface area contributed by atoms with E-state index >= 15 is 0 Å². The highest BCUT2D eigenvalue weighted by molar-refractivity contribution is 7.80. The second-order valence-corrected chi connectivity index (χ2v) is 3.39. The summed E-state index contributed by atoms with van der Waals surface area (Å²) in [6, 6.07) is 8.28. The molecule has 3 N–H and O–H groups in total. The maximum Gasteiger partial charge on any atom is 0.0921 e. The molecule has 0 aliphatic heterocycles. The van der Waals surface area contributed by atoms with Crippen LogP contribution in [0.1, 0.15) is 12.5 Å². The van der Waals surface area contributed by atoms with Crippen molar-refractivity contribution >= 4 is 22.9 Å².